The van der Waals surface area contributed by atoms with E-state index >= 15 is 0 Å². The van der Waals surface area contributed by atoms with Crippen LogP contribution < -0.4 is 24.3 Å². The molecule has 2 spiro atoms. The van der Waals surface area contributed by atoms with Crippen LogP contribution in [0.2, 0.25) is 0 Å². The van der Waals surface area contributed by atoms with Gasteiger partial charge in [0.25, 0.3) is 0 Å². The number of aromatic nitrogens is 2. The van der Waals surface area contributed by atoms with Gasteiger partial charge in [0, 0.05) is 95.0 Å². The van der Waals surface area contributed by atoms with Gasteiger partial charge in [0.1, 0.15) is 6.29 Å². The third kappa shape index (κ3) is 16.0. The number of ether oxygens (including phenoxy) is 4. The minimum atomic E-state index is -0.106. The van der Waals surface area contributed by atoms with E-state index in [1.54, 1.807) is 0 Å². The molecule has 10 rings (SSSR count). The average molecular weight is 1300 g/mol. The smallest absolute Gasteiger partial charge is 0.120 e. The van der Waals surface area contributed by atoms with Gasteiger partial charge in [-0.15, -0.1) is 0 Å². The summed E-state index contributed by atoms with van der Waals surface area (Å²) in [5, 5.41) is 3.94. The molecule has 3 N–H and O–H groups in total. The minimum Gasteiger partial charge on any atom is -0.375 e. The molecular formula is C57H80B2I3N4O5-. The van der Waals surface area contributed by atoms with E-state index in [-0.39, 0.29) is 47.7 Å². The molecule has 386 valence electrons. The van der Waals surface area contributed by atoms with Crippen LogP contribution in [0.4, 0.5) is 0 Å². The van der Waals surface area contributed by atoms with Crippen molar-refractivity contribution in [3.05, 3.63) is 131 Å². The second-order valence-corrected chi connectivity index (χ2v) is 36.2. The van der Waals surface area contributed by atoms with Gasteiger partial charge in [-0.2, -0.15) is 0 Å². The van der Waals surface area contributed by atoms with Gasteiger partial charge >= 0.3 is 50.5 Å². The van der Waals surface area contributed by atoms with Gasteiger partial charge < -0.3 is 34.8 Å². The molecule has 0 bridgehead atoms. The fourth-order valence-corrected chi connectivity index (χ4v) is 12.7. The van der Waals surface area contributed by atoms with Crippen LogP contribution >= 0.6 is 37.2 Å². The summed E-state index contributed by atoms with van der Waals surface area (Å²) in [4.78, 5) is 20.6. The van der Waals surface area contributed by atoms with Crippen LogP contribution in [0.15, 0.2) is 97.3 Å². The molecule has 4 radical (unpaired) electrons. The number of benzene rings is 2. The minimum absolute atomic E-state index is 0. The molecule has 2 aliphatic heterocycles. The molecule has 14 heteroatoms. The van der Waals surface area contributed by atoms with Crippen LogP contribution in [-0.2, 0) is 34.6 Å². The van der Waals surface area contributed by atoms with Crippen molar-refractivity contribution in [1.82, 2.24) is 15.3 Å². The van der Waals surface area contributed by atoms with Crippen LogP contribution in [0.5, 0.6) is 0 Å². The van der Waals surface area contributed by atoms with E-state index in [9.17, 15) is 4.79 Å². The summed E-state index contributed by atoms with van der Waals surface area (Å²) in [5.41, 5.74) is 13.8. The summed E-state index contributed by atoms with van der Waals surface area (Å²) in [6.45, 7) is 8.29. The van der Waals surface area contributed by atoms with Crippen molar-refractivity contribution in [2.24, 2.45) is 5.73 Å². The largest absolute Gasteiger partial charge is 0.375 e. The normalized spacial score (nSPS) is 26.5. The number of hydrogen-bond donors (Lipinski definition) is 2. The van der Waals surface area contributed by atoms with E-state index in [0.717, 1.165) is 116 Å². The molecule has 2 saturated carbocycles. The van der Waals surface area contributed by atoms with Gasteiger partial charge in [-0.05, 0) is 150 Å². The Morgan fingerprint density at radius 2 is 1.13 bits per heavy atom. The predicted octanol–water partition coefficient (Wildman–Crippen LogP) is 10.3. The van der Waals surface area contributed by atoms with E-state index in [4.69, 9.17) is 29.7 Å². The van der Waals surface area contributed by atoms with Gasteiger partial charge in [-0.3, -0.25) is 9.97 Å². The van der Waals surface area contributed by atoms with Crippen molar-refractivity contribution >= 4 is 59.0 Å². The molecule has 6 atom stereocenters. The first kappa shape index (κ1) is 60.4. The number of pyridine rings is 2. The van der Waals surface area contributed by atoms with Crippen LogP contribution in [0.1, 0.15) is 195 Å². The maximum atomic E-state index is 11.2. The van der Waals surface area contributed by atoms with Crippen molar-refractivity contribution in [2.45, 2.75) is 183 Å². The van der Waals surface area contributed by atoms with Crippen LogP contribution in [-0.4, -0.2) is 75.9 Å². The summed E-state index contributed by atoms with van der Waals surface area (Å²) in [7, 11) is 8.00. The molecule has 4 aliphatic carbocycles. The standard InChI is InChI=1S/C28H38N2O2.C16H21NO2.C12H17NO.CH4.B2.I3/c1-2-31-25-13-12-24(22-9-3-4-10-23(22)25)29-19-16-27(26-11-5-8-18-30-26)17-20-32-28(21-27)14-6-7-15-28;18-11-8-15(14-5-1-4-10-17-14)9-12-19-16(13-15)6-2-3-7-16;1-2-14-12-8-7-11(13)9-5-3-4-6-10(9)12;;1-2;1-3-2/h3-5,8-11,18,24-25,29H,2,6-7,12-17,19-21H2,1H3;1,4-5,10-11H,2-3,6-9,12-13H2;3-6,11-12H,2,7-8,13H2,1H3;1H4;;/q;;;;;-1/t24-,25-,27+;15-;11-,12-;;;/m010.../s1. The molecule has 4 aromatic rings. The predicted molar refractivity (Wildman–Crippen MR) is 304 cm³/mol. The number of halogens is 3. The van der Waals surface area contributed by atoms with Crippen molar-refractivity contribution < 1.29 is 37.0 Å². The first-order valence-electron chi connectivity index (χ1n) is 25.9. The molecule has 4 fully saturated rings. The molecule has 2 saturated heterocycles. The van der Waals surface area contributed by atoms with Gasteiger partial charge in [0.05, 0.1) is 23.4 Å². The third-order valence-electron chi connectivity index (χ3n) is 15.9. The van der Waals surface area contributed by atoms with Gasteiger partial charge in [-0.25, -0.2) is 0 Å². The summed E-state index contributed by atoms with van der Waals surface area (Å²) >= 11 is 5.30. The van der Waals surface area contributed by atoms with Crippen molar-refractivity contribution in [1.29, 1.82) is 0 Å². The molecule has 0 unspecified atom stereocenters. The maximum absolute atomic E-state index is 11.2. The Bertz CT molecular complexity index is 2120. The zero-order chi connectivity index (χ0) is 49.7. The Morgan fingerprint density at radius 3 is 1.63 bits per heavy atom. The number of aldehydes is 1. The van der Waals surface area contributed by atoms with Crippen molar-refractivity contribution in [3.8, 4) is 0 Å². The maximum Gasteiger partial charge on any atom is 0.120 e. The van der Waals surface area contributed by atoms with Crippen molar-refractivity contribution in [2.75, 3.05) is 33.0 Å². The summed E-state index contributed by atoms with van der Waals surface area (Å²) in [6, 6.07) is 30.3. The van der Waals surface area contributed by atoms with E-state index in [0.29, 0.717) is 25.7 Å². The van der Waals surface area contributed by atoms with E-state index in [2.05, 4.69) is 131 Å². The van der Waals surface area contributed by atoms with E-state index in [1.165, 1.54) is 66.5 Å². The molecule has 4 heterocycles. The second kappa shape index (κ2) is 30.9. The number of rotatable bonds is 12. The number of nitrogens with zero attached hydrogens (tertiary/aromatic N) is 2. The topological polar surface area (TPSA) is 118 Å². The van der Waals surface area contributed by atoms with Crippen LogP contribution in [0.25, 0.3) is 0 Å². The van der Waals surface area contributed by atoms with Crippen molar-refractivity contribution in [3.63, 3.8) is 0 Å². The Morgan fingerprint density at radius 1 is 0.676 bits per heavy atom. The quantitative estimate of drug-likeness (QED) is 0.0812. The zero-order valence-electron chi connectivity index (χ0n) is 41.7. The van der Waals surface area contributed by atoms with Gasteiger partial charge in [-0.1, -0.05) is 93.8 Å². The fraction of sp³-hybridized carbons (Fsp3) is 0.596. The molecule has 2 aromatic carbocycles. The molecule has 2 aromatic heterocycles. The molecular weight excluding hydrogens is 1220 g/mol. The number of carbonyl (C=O) groups excluding carboxylic acids is 1. The fourth-order valence-electron chi connectivity index (χ4n) is 12.7. The summed E-state index contributed by atoms with van der Waals surface area (Å²) < 4.78 is 24.3. The molecule has 71 heavy (non-hydrogen) atoms. The number of nitrogens with one attached hydrogen (secondary N) is 1. The average Bonchev–Trinajstić information content (AvgIpc) is 4.06. The first-order chi connectivity index (χ1) is 34.3. The molecule has 9 nitrogen and oxygen atoms in total. The second-order valence-electron chi connectivity index (χ2n) is 19.9. The van der Waals surface area contributed by atoms with Crippen LogP contribution in [0.3, 0.4) is 0 Å². The Balaban J connectivity index is 0.000000204. The summed E-state index contributed by atoms with van der Waals surface area (Å²) in [5.74, 6) is 0. The molecule has 6 aliphatic rings. The SMILES string of the molecule is C.CCO[C@H]1CC[C@H](N)c2ccccc21.CCO[C@H]1CC[C@H](NCC[C@@]2(c3ccccn3)CCOC3(CCCC3)C2)c2ccccc21.I[I-]I.O=CC[C@@]1(c2ccccn2)CCOC2(CCCC2)C1.[B][B]. The first-order valence-corrected chi connectivity index (χ1v) is 38.5. The van der Waals surface area contributed by atoms with Gasteiger partial charge in [0.2, 0.25) is 0 Å². The number of hydrogen-bond acceptors (Lipinski definition) is 9. The molecule has 0 amide bonds. The Labute approximate surface area is 460 Å². The van der Waals surface area contributed by atoms with E-state index < -0.39 is 0 Å². The Kier molecular flexibility index (Phi) is 26.3. The number of fused-ring (bicyclic) bond motifs is 2. The number of carbonyl (C=O) groups is 1. The Hall–Kier alpha value is -1.51. The van der Waals surface area contributed by atoms with Crippen LogP contribution in [0, 0.1) is 0 Å². The number of nitrogens with two attached hydrogens (primary N) is 1. The third-order valence-corrected chi connectivity index (χ3v) is 15.9. The zero-order valence-corrected chi connectivity index (χ0v) is 48.2. The monoisotopic (exact) mass is 1300 g/mol. The van der Waals surface area contributed by atoms with E-state index in [1.807, 2.05) is 43.6 Å². The van der Waals surface area contributed by atoms with Gasteiger partial charge in [0.15, 0.2) is 0 Å². The summed E-state index contributed by atoms with van der Waals surface area (Å²) in [6.07, 6.45) is 25.2.